The van der Waals surface area contributed by atoms with Crippen molar-refractivity contribution >= 4 is 5.91 Å². The average Bonchev–Trinajstić information content (AvgIpc) is 2.32. The Bertz CT molecular complexity index is 447. The molecular weight excluding hydrogens is 271 g/mol. The maximum atomic E-state index is 12.0. The molecule has 112 valence electrons. The number of benzene rings is 1. The van der Waals surface area contributed by atoms with Crippen molar-refractivity contribution in [1.82, 2.24) is 5.32 Å². The van der Waals surface area contributed by atoms with E-state index in [1.54, 1.807) is 32.9 Å². The lowest BCUT2D eigenvalue weighted by molar-refractivity contribution is -0.153. The van der Waals surface area contributed by atoms with Crippen LogP contribution in [0.15, 0.2) is 24.3 Å². The van der Waals surface area contributed by atoms with Gasteiger partial charge in [0, 0.05) is 12.0 Å². The number of halogens is 3. The van der Waals surface area contributed by atoms with Crippen molar-refractivity contribution in [3.05, 3.63) is 29.8 Å². The Morgan fingerprint density at radius 3 is 2.15 bits per heavy atom. The molecule has 0 atom stereocenters. The second-order valence-electron chi connectivity index (χ2n) is 5.48. The lowest BCUT2D eigenvalue weighted by Crippen LogP contribution is -2.34. The standard InChI is InChI=1S/C14H18F3NO2/c1-13(2,3)12(19)18-8-10-4-6-11(7-5-10)20-9-14(15,16)17/h4-7H,8-9H2,1-3H3,(H,18,19). The number of carbonyl (C=O) groups is 1. The zero-order chi connectivity index (χ0) is 15.4. The molecule has 0 aromatic heterocycles. The smallest absolute Gasteiger partial charge is 0.422 e. The van der Waals surface area contributed by atoms with E-state index in [2.05, 4.69) is 10.1 Å². The molecule has 0 aliphatic heterocycles. The van der Waals surface area contributed by atoms with Crippen LogP contribution in [0.5, 0.6) is 5.75 Å². The minimum absolute atomic E-state index is 0.0881. The summed E-state index contributed by atoms with van der Waals surface area (Å²) < 4.78 is 40.5. The Kier molecular flexibility index (Phi) is 5.03. The van der Waals surface area contributed by atoms with Crippen LogP contribution in [0, 0.1) is 5.41 Å². The molecule has 0 fully saturated rings. The molecule has 1 aromatic carbocycles. The van der Waals surface area contributed by atoms with E-state index in [-0.39, 0.29) is 11.7 Å². The Morgan fingerprint density at radius 1 is 1.15 bits per heavy atom. The van der Waals surface area contributed by atoms with Crippen LogP contribution < -0.4 is 10.1 Å². The number of ether oxygens (including phenoxy) is 1. The minimum atomic E-state index is -4.35. The normalized spacial score (nSPS) is 12.1. The molecule has 0 radical (unpaired) electrons. The highest BCUT2D eigenvalue weighted by Gasteiger charge is 2.28. The summed E-state index contributed by atoms with van der Waals surface area (Å²) in [5.41, 5.74) is 0.317. The maximum absolute atomic E-state index is 12.0. The average molecular weight is 289 g/mol. The fraction of sp³-hybridized carbons (Fsp3) is 0.500. The van der Waals surface area contributed by atoms with Gasteiger partial charge in [0.25, 0.3) is 0 Å². The third-order valence-corrected chi connectivity index (χ3v) is 2.46. The second kappa shape index (κ2) is 6.15. The summed E-state index contributed by atoms with van der Waals surface area (Å²) in [7, 11) is 0. The number of rotatable bonds is 4. The van der Waals surface area contributed by atoms with Gasteiger partial charge in [-0.15, -0.1) is 0 Å². The van der Waals surface area contributed by atoms with Crippen LogP contribution in [0.3, 0.4) is 0 Å². The monoisotopic (exact) mass is 289 g/mol. The highest BCUT2D eigenvalue weighted by Crippen LogP contribution is 2.19. The van der Waals surface area contributed by atoms with E-state index < -0.39 is 18.2 Å². The molecule has 0 saturated heterocycles. The molecule has 20 heavy (non-hydrogen) atoms. The van der Waals surface area contributed by atoms with E-state index >= 15 is 0 Å². The summed E-state index contributed by atoms with van der Waals surface area (Å²) in [6.45, 7) is 4.42. The third kappa shape index (κ3) is 5.95. The second-order valence-corrected chi connectivity index (χ2v) is 5.48. The van der Waals surface area contributed by atoms with Crippen LogP contribution in [0.1, 0.15) is 26.3 Å². The molecule has 6 heteroatoms. The molecule has 0 aliphatic carbocycles. The molecule has 1 aromatic rings. The van der Waals surface area contributed by atoms with Crippen molar-refractivity contribution in [2.75, 3.05) is 6.61 Å². The summed E-state index contributed by atoms with van der Waals surface area (Å²) in [6.07, 6.45) is -4.35. The van der Waals surface area contributed by atoms with Crippen LogP contribution in [0.2, 0.25) is 0 Å². The van der Waals surface area contributed by atoms with Gasteiger partial charge in [-0.25, -0.2) is 0 Å². The summed E-state index contributed by atoms with van der Waals surface area (Å²) in [4.78, 5) is 11.7. The first-order chi connectivity index (χ1) is 9.08. The van der Waals surface area contributed by atoms with Crippen LogP contribution in [0.25, 0.3) is 0 Å². The van der Waals surface area contributed by atoms with E-state index in [4.69, 9.17) is 0 Å². The lowest BCUT2D eigenvalue weighted by Gasteiger charge is -2.17. The van der Waals surface area contributed by atoms with Gasteiger partial charge in [0.05, 0.1) is 0 Å². The van der Waals surface area contributed by atoms with E-state index in [9.17, 15) is 18.0 Å². The number of alkyl halides is 3. The number of amides is 1. The Morgan fingerprint density at radius 2 is 1.70 bits per heavy atom. The van der Waals surface area contributed by atoms with Gasteiger partial charge in [-0.1, -0.05) is 32.9 Å². The summed E-state index contributed by atoms with van der Waals surface area (Å²) in [6, 6.07) is 6.14. The minimum Gasteiger partial charge on any atom is -0.484 e. The van der Waals surface area contributed by atoms with E-state index in [1.807, 2.05) is 0 Å². The molecule has 1 rings (SSSR count). The fourth-order valence-corrected chi connectivity index (χ4v) is 1.32. The van der Waals surface area contributed by atoms with Crippen LogP contribution in [-0.2, 0) is 11.3 Å². The molecule has 0 unspecified atom stereocenters. The maximum Gasteiger partial charge on any atom is 0.422 e. The van der Waals surface area contributed by atoms with Gasteiger partial charge < -0.3 is 10.1 Å². The SMILES string of the molecule is CC(C)(C)C(=O)NCc1ccc(OCC(F)(F)F)cc1. The Balaban J connectivity index is 2.49. The van der Waals surface area contributed by atoms with Gasteiger partial charge in [0.2, 0.25) is 5.91 Å². The number of hydrogen-bond donors (Lipinski definition) is 1. The molecule has 0 aliphatic rings. The van der Waals surface area contributed by atoms with Gasteiger partial charge in [-0.3, -0.25) is 4.79 Å². The Labute approximate surface area is 116 Å². The van der Waals surface area contributed by atoms with E-state index in [1.165, 1.54) is 12.1 Å². The number of nitrogens with one attached hydrogen (secondary N) is 1. The first-order valence-corrected chi connectivity index (χ1v) is 6.15. The van der Waals surface area contributed by atoms with Gasteiger partial charge in [-0.05, 0) is 17.7 Å². The zero-order valence-electron chi connectivity index (χ0n) is 11.7. The quantitative estimate of drug-likeness (QED) is 0.923. The number of hydrogen-bond acceptors (Lipinski definition) is 2. The topological polar surface area (TPSA) is 38.3 Å². The Hall–Kier alpha value is -1.72. The molecule has 3 nitrogen and oxygen atoms in total. The van der Waals surface area contributed by atoms with Crippen LogP contribution in [-0.4, -0.2) is 18.7 Å². The summed E-state index contributed by atoms with van der Waals surface area (Å²) in [5.74, 6) is 0.0584. The van der Waals surface area contributed by atoms with Crippen molar-refractivity contribution in [3.8, 4) is 5.75 Å². The zero-order valence-corrected chi connectivity index (χ0v) is 11.7. The van der Waals surface area contributed by atoms with Gasteiger partial charge in [-0.2, -0.15) is 13.2 Å². The molecule has 0 saturated carbocycles. The van der Waals surface area contributed by atoms with Crippen molar-refractivity contribution in [2.45, 2.75) is 33.5 Å². The van der Waals surface area contributed by atoms with Crippen LogP contribution >= 0.6 is 0 Å². The van der Waals surface area contributed by atoms with Crippen molar-refractivity contribution in [2.24, 2.45) is 5.41 Å². The first kappa shape index (κ1) is 16.3. The molecule has 0 heterocycles. The molecule has 0 bridgehead atoms. The fourth-order valence-electron chi connectivity index (χ4n) is 1.32. The first-order valence-electron chi connectivity index (χ1n) is 6.15. The largest absolute Gasteiger partial charge is 0.484 e. The molecule has 1 N–H and O–H groups in total. The summed E-state index contributed by atoms with van der Waals surface area (Å²) in [5, 5.41) is 2.75. The highest BCUT2D eigenvalue weighted by molar-refractivity contribution is 5.81. The van der Waals surface area contributed by atoms with Crippen molar-refractivity contribution in [1.29, 1.82) is 0 Å². The molecule has 1 amide bonds. The molecular formula is C14H18F3NO2. The predicted octanol–water partition coefficient (Wildman–Crippen LogP) is 3.29. The van der Waals surface area contributed by atoms with E-state index in [0.717, 1.165) is 5.56 Å². The highest BCUT2D eigenvalue weighted by atomic mass is 19.4. The number of carbonyl (C=O) groups excluding carboxylic acids is 1. The van der Waals surface area contributed by atoms with Crippen molar-refractivity contribution in [3.63, 3.8) is 0 Å². The van der Waals surface area contributed by atoms with Crippen molar-refractivity contribution < 1.29 is 22.7 Å². The van der Waals surface area contributed by atoms with Gasteiger partial charge in [0.15, 0.2) is 6.61 Å². The van der Waals surface area contributed by atoms with E-state index in [0.29, 0.717) is 6.54 Å². The lowest BCUT2D eigenvalue weighted by atomic mass is 9.95. The molecule has 0 spiro atoms. The van der Waals surface area contributed by atoms with Gasteiger partial charge >= 0.3 is 6.18 Å². The third-order valence-electron chi connectivity index (χ3n) is 2.46. The van der Waals surface area contributed by atoms with Crippen LogP contribution in [0.4, 0.5) is 13.2 Å². The predicted molar refractivity (Wildman–Crippen MR) is 69.3 cm³/mol. The summed E-state index contributed by atoms with van der Waals surface area (Å²) >= 11 is 0. The van der Waals surface area contributed by atoms with Gasteiger partial charge in [0.1, 0.15) is 5.75 Å².